The number of likely N-dealkylation sites (N-methyl/N-ethyl adjacent to an activating group) is 1. The lowest BCUT2D eigenvalue weighted by atomic mass is 9.78. The summed E-state index contributed by atoms with van der Waals surface area (Å²) in [6, 6.07) is 10.1. The summed E-state index contributed by atoms with van der Waals surface area (Å²) in [7, 11) is 3.78. The number of rotatable bonds is 10. The number of benzene rings is 2. The molecular weight excluding hydrogens is 501 g/mol. The predicted octanol–water partition coefficient (Wildman–Crippen LogP) is 3.94. The van der Waals surface area contributed by atoms with Gasteiger partial charge in [0.2, 0.25) is 0 Å². The van der Waals surface area contributed by atoms with Gasteiger partial charge in [0.25, 0.3) is 5.91 Å². The van der Waals surface area contributed by atoms with Crippen LogP contribution in [0.15, 0.2) is 42.5 Å². The second kappa shape index (κ2) is 11.7. The highest BCUT2D eigenvalue weighted by Crippen LogP contribution is 2.44. The van der Waals surface area contributed by atoms with Gasteiger partial charge in [0.05, 0.1) is 25.4 Å². The Hall–Kier alpha value is -2.50. The molecule has 1 saturated carbocycles. The van der Waals surface area contributed by atoms with Gasteiger partial charge in [0, 0.05) is 37.1 Å². The number of carbonyl (C=O) groups excluding carboxylic acids is 1. The molecule has 1 aliphatic heterocycles. The SMILES string of the molecule is CN(C)CCNC(=O)[C@@]1(OCc2ccccc2F)CC(OCc2cccc(F)c2F)[C@@H]2OC(C)(C)O[C@@H]2C1. The Morgan fingerprint density at radius 1 is 1.00 bits per heavy atom. The number of fused-ring (bicyclic) bond motifs is 1. The molecule has 1 amide bonds. The minimum absolute atomic E-state index is 0.0404. The first kappa shape index (κ1) is 28.5. The van der Waals surface area contributed by atoms with Gasteiger partial charge in [-0.1, -0.05) is 30.3 Å². The van der Waals surface area contributed by atoms with Crippen LogP contribution in [0.3, 0.4) is 0 Å². The van der Waals surface area contributed by atoms with E-state index in [9.17, 15) is 18.0 Å². The summed E-state index contributed by atoms with van der Waals surface area (Å²) in [5, 5.41) is 2.93. The largest absolute Gasteiger partial charge is 0.370 e. The van der Waals surface area contributed by atoms with Crippen LogP contribution in [0.25, 0.3) is 0 Å². The summed E-state index contributed by atoms with van der Waals surface area (Å²) < 4.78 is 67.1. The molecule has 1 aliphatic carbocycles. The van der Waals surface area contributed by atoms with E-state index < -0.39 is 47.2 Å². The molecule has 1 saturated heterocycles. The van der Waals surface area contributed by atoms with Gasteiger partial charge in [-0.25, -0.2) is 13.2 Å². The molecule has 10 heteroatoms. The lowest BCUT2D eigenvalue weighted by Crippen LogP contribution is -2.60. The predicted molar refractivity (Wildman–Crippen MR) is 133 cm³/mol. The minimum Gasteiger partial charge on any atom is -0.370 e. The van der Waals surface area contributed by atoms with Crippen LogP contribution in [0.2, 0.25) is 0 Å². The molecule has 38 heavy (non-hydrogen) atoms. The fraction of sp³-hybridized carbons (Fsp3) is 0.536. The summed E-state index contributed by atoms with van der Waals surface area (Å²) in [5.41, 5.74) is -1.10. The lowest BCUT2D eigenvalue weighted by molar-refractivity contribution is -0.183. The van der Waals surface area contributed by atoms with Crippen molar-refractivity contribution in [2.24, 2.45) is 0 Å². The fourth-order valence-corrected chi connectivity index (χ4v) is 4.95. The summed E-state index contributed by atoms with van der Waals surface area (Å²) in [6.45, 7) is 4.09. The van der Waals surface area contributed by atoms with Crippen molar-refractivity contribution in [3.05, 3.63) is 71.0 Å². The maximum Gasteiger partial charge on any atom is 0.252 e. The average Bonchev–Trinajstić information content (AvgIpc) is 3.17. The molecule has 0 radical (unpaired) electrons. The molecule has 0 aromatic heterocycles. The standard InChI is InChI=1S/C28H35F3N2O5/c1-27(2)37-23-15-28(26(34)32-12-13-33(3)4,36-17-18-8-5-6-10-20(18)29)14-22(25(23)38-27)35-16-19-9-7-11-21(30)24(19)31/h5-11,22-23,25H,12-17H2,1-4H3,(H,32,34)/t22?,23-,25+,28-/m1/s1. The Bertz CT molecular complexity index is 1130. The number of nitrogens with zero attached hydrogens (tertiary/aromatic N) is 1. The highest BCUT2D eigenvalue weighted by Gasteiger charge is 2.58. The normalized spacial score (nSPS) is 26.4. The van der Waals surface area contributed by atoms with Crippen LogP contribution < -0.4 is 5.32 Å². The van der Waals surface area contributed by atoms with E-state index in [0.29, 0.717) is 18.7 Å². The zero-order valence-electron chi connectivity index (χ0n) is 22.1. The van der Waals surface area contributed by atoms with E-state index in [1.54, 1.807) is 32.0 Å². The summed E-state index contributed by atoms with van der Waals surface area (Å²) in [5.74, 6) is -3.75. The number of ether oxygens (including phenoxy) is 4. The molecule has 208 valence electrons. The molecule has 1 heterocycles. The van der Waals surface area contributed by atoms with Crippen molar-refractivity contribution in [2.45, 2.75) is 69.6 Å². The molecule has 1 N–H and O–H groups in total. The van der Waals surface area contributed by atoms with Crippen LogP contribution in [-0.4, -0.2) is 67.7 Å². The van der Waals surface area contributed by atoms with Crippen molar-refractivity contribution in [3.8, 4) is 0 Å². The molecular formula is C28H35F3N2O5. The maximum atomic E-state index is 14.4. The van der Waals surface area contributed by atoms with Crippen LogP contribution in [-0.2, 0) is 37.0 Å². The van der Waals surface area contributed by atoms with Crippen LogP contribution in [0, 0.1) is 17.5 Å². The van der Waals surface area contributed by atoms with Crippen LogP contribution in [0.5, 0.6) is 0 Å². The minimum atomic E-state index is -1.44. The highest BCUT2D eigenvalue weighted by atomic mass is 19.2. The number of carbonyl (C=O) groups is 1. The van der Waals surface area contributed by atoms with Crippen molar-refractivity contribution in [1.29, 1.82) is 0 Å². The van der Waals surface area contributed by atoms with Gasteiger partial charge in [-0.2, -0.15) is 0 Å². The van der Waals surface area contributed by atoms with Crippen LogP contribution in [0.1, 0.15) is 37.8 Å². The van der Waals surface area contributed by atoms with E-state index in [-0.39, 0.29) is 37.5 Å². The van der Waals surface area contributed by atoms with Crippen molar-refractivity contribution in [3.63, 3.8) is 0 Å². The molecule has 4 rings (SSSR count). The molecule has 7 nitrogen and oxygen atoms in total. The second-order valence-corrected chi connectivity index (χ2v) is 10.5. The topological polar surface area (TPSA) is 69.3 Å². The summed E-state index contributed by atoms with van der Waals surface area (Å²) in [6.07, 6.45) is -1.70. The first-order valence-corrected chi connectivity index (χ1v) is 12.7. The van der Waals surface area contributed by atoms with Crippen LogP contribution in [0.4, 0.5) is 13.2 Å². The van der Waals surface area contributed by atoms with E-state index in [0.717, 1.165) is 6.07 Å². The molecule has 4 atom stereocenters. The Labute approximate surface area is 221 Å². The monoisotopic (exact) mass is 536 g/mol. The van der Waals surface area contributed by atoms with E-state index in [1.165, 1.54) is 18.2 Å². The Morgan fingerprint density at radius 3 is 2.45 bits per heavy atom. The Kier molecular flexibility index (Phi) is 8.78. The number of hydrogen-bond acceptors (Lipinski definition) is 6. The van der Waals surface area contributed by atoms with E-state index in [1.807, 2.05) is 19.0 Å². The van der Waals surface area contributed by atoms with Gasteiger partial charge in [0.15, 0.2) is 23.0 Å². The van der Waals surface area contributed by atoms with Crippen molar-refractivity contribution >= 4 is 5.91 Å². The quantitative estimate of drug-likeness (QED) is 0.496. The number of halogens is 3. The third kappa shape index (κ3) is 6.55. The van der Waals surface area contributed by atoms with E-state index in [4.69, 9.17) is 18.9 Å². The average molecular weight is 537 g/mol. The number of hydrogen-bond donors (Lipinski definition) is 1. The Balaban J connectivity index is 1.61. The fourth-order valence-electron chi connectivity index (χ4n) is 4.95. The molecule has 0 bridgehead atoms. The highest BCUT2D eigenvalue weighted by molar-refractivity contribution is 5.85. The molecule has 2 aliphatic rings. The number of nitrogens with one attached hydrogen (secondary N) is 1. The lowest BCUT2D eigenvalue weighted by Gasteiger charge is -2.43. The van der Waals surface area contributed by atoms with Gasteiger partial charge in [-0.3, -0.25) is 4.79 Å². The first-order chi connectivity index (χ1) is 18.0. The zero-order chi connectivity index (χ0) is 27.5. The molecule has 1 unspecified atom stereocenters. The summed E-state index contributed by atoms with van der Waals surface area (Å²) in [4.78, 5) is 15.6. The molecule has 0 spiro atoms. The third-order valence-electron chi connectivity index (χ3n) is 6.85. The van der Waals surface area contributed by atoms with Gasteiger partial charge >= 0.3 is 0 Å². The van der Waals surface area contributed by atoms with Crippen molar-refractivity contribution in [2.75, 3.05) is 27.2 Å². The summed E-state index contributed by atoms with van der Waals surface area (Å²) >= 11 is 0. The van der Waals surface area contributed by atoms with Crippen molar-refractivity contribution in [1.82, 2.24) is 10.2 Å². The van der Waals surface area contributed by atoms with Crippen molar-refractivity contribution < 1.29 is 36.9 Å². The Morgan fingerprint density at radius 2 is 1.71 bits per heavy atom. The molecule has 2 aromatic rings. The van der Waals surface area contributed by atoms with Gasteiger partial charge in [-0.05, 0) is 40.1 Å². The third-order valence-corrected chi connectivity index (χ3v) is 6.85. The van der Waals surface area contributed by atoms with Gasteiger partial charge in [0.1, 0.15) is 11.9 Å². The maximum absolute atomic E-state index is 14.4. The van der Waals surface area contributed by atoms with Crippen LogP contribution >= 0.6 is 0 Å². The smallest absolute Gasteiger partial charge is 0.252 e. The first-order valence-electron chi connectivity index (χ1n) is 12.7. The van der Waals surface area contributed by atoms with Gasteiger partial charge in [-0.15, -0.1) is 0 Å². The van der Waals surface area contributed by atoms with Gasteiger partial charge < -0.3 is 29.2 Å². The molecule has 2 fully saturated rings. The van der Waals surface area contributed by atoms with E-state index >= 15 is 0 Å². The number of amides is 1. The second-order valence-electron chi connectivity index (χ2n) is 10.5. The molecule has 2 aromatic carbocycles. The van der Waals surface area contributed by atoms with E-state index in [2.05, 4.69) is 5.32 Å². The zero-order valence-corrected chi connectivity index (χ0v) is 22.1.